The summed E-state index contributed by atoms with van der Waals surface area (Å²) < 4.78 is 5.83. The van der Waals surface area contributed by atoms with Gasteiger partial charge in [-0.3, -0.25) is 9.59 Å². The van der Waals surface area contributed by atoms with Gasteiger partial charge < -0.3 is 9.32 Å². The Bertz CT molecular complexity index is 1000. The second-order valence-electron chi connectivity index (χ2n) is 9.09. The van der Waals surface area contributed by atoms with Crippen molar-refractivity contribution in [3.8, 4) is 11.8 Å². The number of rotatable bonds is 5. The van der Waals surface area contributed by atoms with Crippen LogP contribution in [0.2, 0.25) is 0 Å². The van der Waals surface area contributed by atoms with Crippen LogP contribution >= 0.6 is 0 Å². The predicted molar refractivity (Wildman–Crippen MR) is 120 cm³/mol. The van der Waals surface area contributed by atoms with Crippen molar-refractivity contribution in [1.29, 1.82) is 0 Å². The lowest BCUT2D eigenvalue weighted by Gasteiger charge is -2.33. The summed E-state index contributed by atoms with van der Waals surface area (Å²) in [7, 11) is 0. The first-order valence-electron chi connectivity index (χ1n) is 10.5. The molecular formula is C26H30NO3. The van der Waals surface area contributed by atoms with E-state index in [0.29, 0.717) is 24.4 Å². The molecule has 0 N–H and O–H groups in total. The van der Waals surface area contributed by atoms with Gasteiger partial charge in [0.25, 0.3) is 5.91 Å². The Morgan fingerprint density at radius 1 is 1.23 bits per heavy atom. The van der Waals surface area contributed by atoms with E-state index in [1.54, 1.807) is 11.0 Å². The van der Waals surface area contributed by atoms with Gasteiger partial charge in [0.2, 0.25) is 5.78 Å². The van der Waals surface area contributed by atoms with E-state index >= 15 is 0 Å². The van der Waals surface area contributed by atoms with E-state index in [4.69, 9.17) is 4.42 Å². The Morgan fingerprint density at radius 3 is 2.57 bits per heavy atom. The number of hydrogen-bond donors (Lipinski definition) is 0. The zero-order valence-electron chi connectivity index (χ0n) is 18.3. The zero-order valence-corrected chi connectivity index (χ0v) is 18.3. The predicted octanol–water partition coefficient (Wildman–Crippen LogP) is 5.28. The molecule has 1 aromatic carbocycles. The van der Waals surface area contributed by atoms with Crippen molar-refractivity contribution in [3.63, 3.8) is 0 Å². The van der Waals surface area contributed by atoms with Crippen LogP contribution in [-0.2, 0) is 4.79 Å². The normalized spacial score (nSPS) is 16.1. The van der Waals surface area contributed by atoms with Crippen molar-refractivity contribution in [3.05, 3.63) is 54.7 Å². The van der Waals surface area contributed by atoms with E-state index in [0.717, 1.165) is 23.8 Å². The van der Waals surface area contributed by atoms with Gasteiger partial charge in [-0.05, 0) is 69.2 Å². The van der Waals surface area contributed by atoms with Crippen molar-refractivity contribution in [2.24, 2.45) is 17.3 Å². The molecule has 30 heavy (non-hydrogen) atoms. The van der Waals surface area contributed by atoms with Crippen LogP contribution in [0.1, 0.15) is 56.7 Å². The maximum absolute atomic E-state index is 13.0. The first-order valence-corrected chi connectivity index (χ1v) is 10.5. The van der Waals surface area contributed by atoms with Gasteiger partial charge in [0.15, 0.2) is 5.76 Å². The number of hydrogen-bond acceptors (Lipinski definition) is 3. The standard InChI is InChI=1S/C26H30NO3/c1-6-7-19-8-9-22-21(16-19)17-23(30-22)25(29)18(2)20-11-14-27(15-12-20)24(28)10-13-26(3,4)5/h6-9,16-18,20H,1,11-12,14-15H2,2-5H3. The van der Waals surface area contributed by atoms with Crippen molar-refractivity contribution in [2.75, 3.05) is 13.1 Å². The highest BCUT2D eigenvalue weighted by Gasteiger charge is 2.31. The van der Waals surface area contributed by atoms with Crippen LogP contribution in [0.3, 0.4) is 0 Å². The lowest BCUT2D eigenvalue weighted by molar-refractivity contribution is -0.126. The highest BCUT2D eigenvalue weighted by molar-refractivity contribution is 5.99. The summed E-state index contributed by atoms with van der Waals surface area (Å²) >= 11 is 0. The number of Topliss-reactive ketones (excluding diaryl/α,β-unsaturated/α-hetero) is 1. The van der Waals surface area contributed by atoms with Crippen molar-refractivity contribution >= 4 is 22.7 Å². The third kappa shape index (κ3) is 5.21. The van der Waals surface area contributed by atoms with E-state index in [2.05, 4.69) is 18.4 Å². The maximum Gasteiger partial charge on any atom is 0.298 e. The molecule has 1 saturated heterocycles. The monoisotopic (exact) mass is 404 g/mol. The van der Waals surface area contributed by atoms with E-state index in [9.17, 15) is 9.59 Å². The summed E-state index contributed by atoms with van der Waals surface area (Å²) in [6, 6.07) is 7.65. The molecule has 1 fully saturated rings. The van der Waals surface area contributed by atoms with Gasteiger partial charge in [-0.15, -0.1) is 6.58 Å². The number of amides is 1. The molecule has 0 saturated carbocycles. The lowest BCUT2D eigenvalue weighted by atomic mass is 9.82. The van der Waals surface area contributed by atoms with Gasteiger partial charge in [-0.1, -0.05) is 25.0 Å². The Labute approximate surface area is 179 Å². The van der Waals surface area contributed by atoms with Crippen LogP contribution in [0.15, 0.2) is 41.3 Å². The maximum atomic E-state index is 13.0. The summed E-state index contributed by atoms with van der Waals surface area (Å²) in [5, 5.41) is 0.916. The number of ketones is 1. The number of allylic oxidation sites excluding steroid dienone is 1. The number of carbonyl (C=O) groups is 2. The Morgan fingerprint density at radius 2 is 1.93 bits per heavy atom. The molecule has 1 amide bonds. The first kappa shape index (κ1) is 21.9. The van der Waals surface area contributed by atoms with Crippen molar-refractivity contribution in [1.82, 2.24) is 4.90 Å². The molecule has 1 aliphatic heterocycles. The number of piperidine rings is 1. The Kier molecular flexibility index (Phi) is 6.51. The summed E-state index contributed by atoms with van der Waals surface area (Å²) in [4.78, 5) is 27.1. The molecule has 1 aliphatic rings. The van der Waals surface area contributed by atoms with Gasteiger partial charge in [0.1, 0.15) is 5.58 Å². The second-order valence-corrected chi connectivity index (χ2v) is 9.09. The summed E-state index contributed by atoms with van der Waals surface area (Å²) in [6.45, 7) is 12.9. The van der Waals surface area contributed by atoms with Gasteiger partial charge in [-0.2, -0.15) is 0 Å². The highest BCUT2D eigenvalue weighted by atomic mass is 16.3. The summed E-state index contributed by atoms with van der Waals surface area (Å²) in [6.07, 6.45) is 5.25. The fourth-order valence-corrected chi connectivity index (χ4v) is 3.78. The molecule has 4 nitrogen and oxygen atoms in total. The molecule has 157 valence electrons. The van der Waals surface area contributed by atoms with Gasteiger partial charge in [0, 0.05) is 36.2 Å². The summed E-state index contributed by atoms with van der Waals surface area (Å²) in [5.74, 6) is 6.16. The third-order valence-corrected chi connectivity index (χ3v) is 5.59. The number of furan rings is 1. The molecular weight excluding hydrogens is 374 g/mol. The molecule has 1 atom stereocenters. The van der Waals surface area contributed by atoms with Crippen molar-refractivity contribution in [2.45, 2.75) is 40.5 Å². The quantitative estimate of drug-likeness (QED) is 0.503. The molecule has 0 spiro atoms. The zero-order chi connectivity index (χ0) is 21.9. The molecule has 0 bridgehead atoms. The Balaban J connectivity index is 1.63. The minimum atomic E-state index is -0.189. The first-order chi connectivity index (χ1) is 14.2. The lowest BCUT2D eigenvalue weighted by Crippen LogP contribution is -2.40. The number of carbonyl (C=O) groups excluding carboxylic acids is 2. The average Bonchev–Trinajstić information content (AvgIpc) is 3.14. The van der Waals surface area contributed by atoms with E-state index in [1.807, 2.05) is 58.4 Å². The van der Waals surface area contributed by atoms with Gasteiger partial charge in [0.05, 0.1) is 0 Å². The Hall–Kier alpha value is -2.80. The fourth-order valence-electron chi connectivity index (χ4n) is 3.78. The topological polar surface area (TPSA) is 50.5 Å². The van der Waals surface area contributed by atoms with E-state index in [1.165, 1.54) is 0 Å². The van der Waals surface area contributed by atoms with Crippen LogP contribution in [-0.4, -0.2) is 29.7 Å². The molecule has 1 radical (unpaired) electrons. The van der Waals surface area contributed by atoms with Gasteiger partial charge in [-0.25, -0.2) is 0 Å². The third-order valence-electron chi connectivity index (χ3n) is 5.59. The largest absolute Gasteiger partial charge is 0.453 e. The van der Waals surface area contributed by atoms with Crippen LogP contribution in [0.4, 0.5) is 0 Å². The molecule has 1 aromatic heterocycles. The van der Waals surface area contributed by atoms with Crippen LogP contribution in [0, 0.1) is 35.5 Å². The SMILES string of the molecule is C=C[CH]c1ccc2oc(C(=O)C(C)C3CCN(C(=O)C#CC(C)(C)C)CC3)cc2c1. The van der Waals surface area contributed by atoms with E-state index in [-0.39, 0.29) is 28.9 Å². The number of fused-ring (bicyclic) bond motifs is 1. The molecule has 4 heteroatoms. The number of likely N-dealkylation sites (tertiary alicyclic amines) is 1. The second kappa shape index (κ2) is 8.92. The van der Waals surface area contributed by atoms with Gasteiger partial charge >= 0.3 is 0 Å². The molecule has 2 aromatic rings. The average molecular weight is 405 g/mol. The fraction of sp³-hybridized carbons (Fsp3) is 0.423. The molecule has 0 aliphatic carbocycles. The summed E-state index contributed by atoms with van der Waals surface area (Å²) in [5.41, 5.74) is 1.55. The minimum absolute atomic E-state index is 0.0257. The van der Waals surface area contributed by atoms with E-state index < -0.39 is 0 Å². The highest BCUT2D eigenvalue weighted by Crippen LogP contribution is 2.30. The number of nitrogens with zero attached hydrogens (tertiary/aromatic N) is 1. The smallest absolute Gasteiger partial charge is 0.298 e. The van der Waals surface area contributed by atoms with Crippen LogP contribution in [0.5, 0.6) is 0 Å². The van der Waals surface area contributed by atoms with Crippen LogP contribution in [0.25, 0.3) is 11.0 Å². The minimum Gasteiger partial charge on any atom is -0.453 e. The molecule has 2 heterocycles. The van der Waals surface area contributed by atoms with Crippen molar-refractivity contribution < 1.29 is 14.0 Å². The molecule has 1 unspecified atom stereocenters. The van der Waals surface area contributed by atoms with Crippen LogP contribution < -0.4 is 0 Å². The number of benzene rings is 1. The molecule has 3 rings (SSSR count).